The summed E-state index contributed by atoms with van der Waals surface area (Å²) in [5, 5.41) is 13.7. The number of nitrogens with zero attached hydrogens (tertiary/aromatic N) is 1. The van der Waals surface area contributed by atoms with Crippen molar-refractivity contribution in [3.05, 3.63) is 59.7 Å². The minimum Gasteiger partial charge on any atom is -0.493 e. The summed E-state index contributed by atoms with van der Waals surface area (Å²) >= 11 is 0. The van der Waals surface area contributed by atoms with Crippen LogP contribution in [0.25, 0.3) is 0 Å². The first-order chi connectivity index (χ1) is 14.0. The van der Waals surface area contributed by atoms with E-state index in [-0.39, 0.29) is 6.61 Å². The number of hydrogen-bond acceptors (Lipinski definition) is 5. The van der Waals surface area contributed by atoms with E-state index >= 15 is 0 Å². The molecule has 0 fully saturated rings. The van der Waals surface area contributed by atoms with Crippen molar-refractivity contribution in [2.75, 3.05) is 33.9 Å². The van der Waals surface area contributed by atoms with Gasteiger partial charge in [0, 0.05) is 19.1 Å². The van der Waals surface area contributed by atoms with Crippen LogP contribution >= 0.6 is 0 Å². The number of aryl methyl sites for hydroxylation is 1. The average molecular weight is 401 g/mol. The Kier molecular flexibility index (Phi) is 9.98. The molecule has 5 nitrogen and oxygen atoms in total. The molecule has 160 valence electrons. The highest BCUT2D eigenvalue weighted by Crippen LogP contribution is 2.28. The van der Waals surface area contributed by atoms with Gasteiger partial charge in [0.2, 0.25) is 0 Å². The number of nitrogens with one attached hydrogen (secondary N) is 1. The summed E-state index contributed by atoms with van der Waals surface area (Å²) in [5.74, 6) is 1.35. The van der Waals surface area contributed by atoms with Gasteiger partial charge in [0.25, 0.3) is 0 Å². The number of likely N-dealkylation sites (N-methyl/N-ethyl adjacent to an activating group) is 1. The molecule has 2 rings (SSSR count). The van der Waals surface area contributed by atoms with Crippen LogP contribution in [0.5, 0.6) is 11.5 Å². The van der Waals surface area contributed by atoms with Crippen molar-refractivity contribution in [3.63, 3.8) is 0 Å². The molecule has 0 amide bonds. The third-order valence-electron chi connectivity index (χ3n) is 5.03. The maximum Gasteiger partial charge on any atom is 0.161 e. The van der Waals surface area contributed by atoms with Crippen LogP contribution in [-0.2, 0) is 13.0 Å². The fourth-order valence-electron chi connectivity index (χ4n) is 3.02. The molecule has 0 aliphatic rings. The Labute approximate surface area is 175 Å². The van der Waals surface area contributed by atoms with E-state index in [1.807, 2.05) is 31.3 Å². The Morgan fingerprint density at radius 1 is 1.03 bits per heavy atom. The van der Waals surface area contributed by atoms with Gasteiger partial charge in [0.15, 0.2) is 11.5 Å². The number of ether oxygens (including phenoxy) is 2. The SMILES string of the molecule is COc1cc(CNCCCc2ccccc2)ccc1OCC(O)CN(C)C(C)C. The first-order valence-electron chi connectivity index (χ1n) is 10.4. The van der Waals surface area contributed by atoms with E-state index in [4.69, 9.17) is 9.47 Å². The smallest absolute Gasteiger partial charge is 0.161 e. The lowest BCUT2D eigenvalue weighted by molar-refractivity contribution is 0.0668. The predicted molar refractivity (Wildman–Crippen MR) is 119 cm³/mol. The molecule has 2 N–H and O–H groups in total. The Bertz CT molecular complexity index is 707. The lowest BCUT2D eigenvalue weighted by Crippen LogP contribution is -2.36. The molecule has 2 aromatic rings. The molecule has 1 unspecified atom stereocenters. The van der Waals surface area contributed by atoms with E-state index in [0.717, 1.165) is 31.5 Å². The summed E-state index contributed by atoms with van der Waals surface area (Å²) in [4.78, 5) is 2.10. The molecular formula is C24H36N2O3. The van der Waals surface area contributed by atoms with Gasteiger partial charge in [0.05, 0.1) is 7.11 Å². The summed E-state index contributed by atoms with van der Waals surface area (Å²) in [5.41, 5.74) is 2.52. The van der Waals surface area contributed by atoms with Crippen molar-refractivity contribution in [1.29, 1.82) is 0 Å². The fourth-order valence-corrected chi connectivity index (χ4v) is 3.02. The van der Waals surface area contributed by atoms with Crippen molar-refractivity contribution < 1.29 is 14.6 Å². The van der Waals surface area contributed by atoms with E-state index in [0.29, 0.717) is 24.1 Å². The molecule has 2 aromatic carbocycles. The van der Waals surface area contributed by atoms with E-state index in [1.165, 1.54) is 5.56 Å². The second-order valence-electron chi connectivity index (χ2n) is 7.75. The first-order valence-corrected chi connectivity index (χ1v) is 10.4. The van der Waals surface area contributed by atoms with Crippen molar-refractivity contribution in [3.8, 4) is 11.5 Å². The van der Waals surface area contributed by atoms with Crippen LogP contribution < -0.4 is 14.8 Å². The van der Waals surface area contributed by atoms with Crippen LogP contribution in [0.15, 0.2) is 48.5 Å². The minimum absolute atomic E-state index is 0.241. The van der Waals surface area contributed by atoms with E-state index in [1.54, 1.807) is 7.11 Å². The summed E-state index contributed by atoms with van der Waals surface area (Å²) < 4.78 is 11.3. The minimum atomic E-state index is -0.543. The Hall–Kier alpha value is -2.08. The molecule has 0 spiro atoms. The molecule has 5 heteroatoms. The summed E-state index contributed by atoms with van der Waals surface area (Å²) in [6.45, 7) is 6.77. The molecule has 0 aromatic heterocycles. The Balaban J connectivity index is 1.75. The highest BCUT2D eigenvalue weighted by molar-refractivity contribution is 5.43. The summed E-state index contributed by atoms with van der Waals surface area (Å²) in [6, 6.07) is 16.9. The molecule has 0 aliphatic carbocycles. The van der Waals surface area contributed by atoms with Crippen LogP contribution in [0, 0.1) is 0 Å². The van der Waals surface area contributed by atoms with Gasteiger partial charge in [-0.3, -0.25) is 0 Å². The summed E-state index contributed by atoms with van der Waals surface area (Å²) in [7, 11) is 3.64. The van der Waals surface area contributed by atoms with Crippen LogP contribution in [0.3, 0.4) is 0 Å². The summed E-state index contributed by atoms with van der Waals surface area (Å²) in [6.07, 6.45) is 1.64. The predicted octanol–water partition coefficient (Wildman–Crippen LogP) is 3.50. The van der Waals surface area contributed by atoms with E-state index in [2.05, 4.69) is 48.3 Å². The zero-order valence-electron chi connectivity index (χ0n) is 18.2. The van der Waals surface area contributed by atoms with Gasteiger partial charge < -0.3 is 24.8 Å². The van der Waals surface area contributed by atoms with Crippen LogP contribution in [0.2, 0.25) is 0 Å². The number of hydrogen-bond donors (Lipinski definition) is 2. The van der Waals surface area contributed by atoms with Gasteiger partial charge in [-0.25, -0.2) is 0 Å². The molecule has 0 saturated carbocycles. The van der Waals surface area contributed by atoms with Gasteiger partial charge >= 0.3 is 0 Å². The van der Waals surface area contributed by atoms with Crippen LogP contribution in [0.4, 0.5) is 0 Å². The lowest BCUT2D eigenvalue weighted by atomic mass is 10.1. The Morgan fingerprint density at radius 2 is 1.79 bits per heavy atom. The van der Waals surface area contributed by atoms with Crippen molar-refractivity contribution in [2.45, 2.75) is 45.4 Å². The fraction of sp³-hybridized carbons (Fsp3) is 0.500. The molecule has 29 heavy (non-hydrogen) atoms. The lowest BCUT2D eigenvalue weighted by Gasteiger charge is -2.24. The quantitative estimate of drug-likeness (QED) is 0.504. The molecule has 0 bridgehead atoms. The highest BCUT2D eigenvalue weighted by atomic mass is 16.5. The standard InChI is InChI=1S/C24H36N2O3/c1-19(2)26(3)17-22(27)18-29-23-13-12-21(15-24(23)28-4)16-25-14-8-11-20-9-6-5-7-10-20/h5-7,9-10,12-13,15,19,22,25,27H,8,11,14,16-18H2,1-4H3. The normalized spacial score (nSPS) is 12.4. The first kappa shape index (κ1) is 23.2. The van der Waals surface area contributed by atoms with Crippen molar-refractivity contribution in [2.24, 2.45) is 0 Å². The van der Waals surface area contributed by atoms with Gasteiger partial charge in [0.1, 0.15) is 12.7 Å². The second-order valence-corrected chi connectivity index (χ2v) is 7.75. The topological polar surface area (TPSA) is 54.0 Å². The van der Waals surface area contributed by atoms with E-state index in [9.17, 15) is 5.11 Å². The number of rotatable bonds is 13. The van der Waals surface area contributed by atoms with Crippen LogP contribution in [0.1, 0.15) is 31.4 Å². The van der Waals surface area contributed by atoms with E-state index < -0.39 is 6.10 Å². The third kappa shape index (κ3) is 8.44. The molecule has 1 atom stereocenters. The largest absolute Gasteiger partial charge is 0.493 e. The second kappa shape index (κ2) is 12.5. The van der Waals surface area contributed by atoms with Gasteiger partial charge in [-0.05, 0) is 63.5 Å². The van der Waals surface area contributed by atoms with Crippen molar-refractivity contribution >= 4 is 0 Å². The Morgan fingerprint density at radius 3 is 2.48 bits per heavy atom. The third-order valence-corrected chi connectivity index (χ3v) is 5.03. The highest BCUT2D eigenvalue weighted by Gasteiger charge is 2.13. The average Bonchev–Trinajstić information content (AvgIpc) is 2.73. The molecule has 0 radical (unpaired) electrons. The molecule has 0 aliphatic heterocycles. The molecular weight excluding hydrogens is 364 g/mol. The maximum absolute atomic E-state index is 10.2. The zero-order valence-corrected chi connectivity index (χ0v) is 18.2. The number of aliphatic hydroxyl groups excluding tert-OH is 1. The van der Waals surface area contributed by atoms with Crippen molar-refractivity contribution in [1.82, 2.24) is 10.2 Å². The number of benzene rings is 2. The number of methoxy groups -OCH3 is 1. The monoisotopic (exact) mass is 400 g/mol. The molecule has 0 saturated heterocycles. The van der Waals surface area contributed by atoms with Crippen LogP contribution in [-0.4, -0.2) is 56.0 Å². The van der Waals surface area contributed by atoms with Gasteiger partial charge in [-0.2, -0.15) is 0 Å². The maximum atomic E-state index is 10.2. The van der Waals surface area contributed by atoms with Gasteiger partial charge in [-0.1, -0.05) is 36.4 Å². The number of aliphatic hydroxyl groups is 1. The molecule has 0 heterocycles. The zero-order chi connectivity index (χ0) is 21.1. The van der Waals surface area contributed by atoms with Gasteiger partial charge in [-0.15, -0.1) is 0 Å².